The maximum absolute atomic E-state index is 12.7. The molecule has 5 nitrogen and oxygen atoms in total. The van der Waals surface area contributed by atoms with Crippen LogP contribution in [0.4, 0.5) is 0 Å². The lowest BCUT2D eigenvalue weighted by Gasteiger charge is -2.16. The number of hydrogen-bond acceptors (Lipinski definition) is 3. The molecule has 1 saturated heterocycles. The second kappa shape index (κ2) is 6.43. The Morgan fingerprint density at radius 1 is 1.12 bits per heavy atom. The molecule has 2 aromatic rings. The summed E-state index contributed by atoms with van der Waals surface area (Å²) in [7, 11) is 0. The normalized spacial score (nSPS) is 20.2. The maximum Gasteiger partial charge on any atom is 0.255 e. The molecule has 0 unspecified atom stereocenters. The predicted octanol–water partition coefficient (Wildman–Crippen LogP) is 2.25. The second-order valence-corrected chi connectivity index (χ2v) is 6.52. The Morgan fingerprint density at radius 2 is 1.83 bits per heavy atom. The molecular formula is C19H21N3O2. The van der Waals surface area contributed by atoms with E-state index in [9.17, 15) is 9.59 Å². The lowest BCUT2D eigenvalue weighted by atomic mass is 9.98. The number of hydrogen-bond donors (Lipinski definition) is 1. The summed E-state index contributed by atoms with van der Waals surface area (Å²) in [5.41, 5.74) is 9.05. The van der Waals surface area contributed by atoms with Gasteiger partial charge in [0.15, 0.2) is 0 Å². The fourth-order valence-electron chi connectivity index (χ4n) is 3.15. The lowest BCUT2D eigenvalue weighted by molar-refractivity contribution is -0.122. The van der Waals surface area contributed by atoms with E-state index < -0.39 is 0 Å². The summed E-state index contributed by atoms with van der Waals surface area (Å²) < 4.78 is 0. The van der Waals surface area contributed by atoms with E-state index >= 15 is 0 Å². The van der Waals surface area contributed by atoms with Gasteiger partial charge < -0.3 is 10.6 Å². The van der Waals surface area contributed by atoms with Crippen LogP contribution in [0.3, 0.4) is 0 Å². The summed E-state index contributed by atoms with van der Waals surface area (Å²) >= 11 is 0. The lowest BCUT2D eigenvalue weighted by Crippen LogP contribution is -2.32. The molecule has 124 valence electrons. The zero-order valence-electron chi connectivity index (χ0n) is 13.9. The Kier molecular flexibility index (Phi) is 4.34. The van der Waals surface area contributed by atoms with Crippen LogP contribution in [-0.4, -0.2) is 34.8 Å². The fourth-order valence-corrected chi connectivity index (χ4v) is 3.15. The van der Waals surface area contributed by atoms with Gasteiger partial charge in [0.05, 0.1) is 11.5 Å². The van der Waals surface area contributed by atoms with Crippen molar-refractivity contribution in [3.8, 4) is 11.1 Å². The number of likely N-dealkylation sites (tertiary alicyclic amines) is 1. The van der Waals surface area contributed by atoms with Gasteiger partial charge in [-0.05, 0) is 24.5 Å². The van der Waals surface area contributed by atoms with Crippen LogP contribution in [-0.2, 0) is 4.79 Å². The van der Waals surface area contributed by atoms with Crippen molar-refractivity contribution in [1.82, 2.24) is 9.88 Å². The number of amides is 2. The van der Waals surface area contributed by atoms with E-state index in [1.807, 2.05) is 44.2 Å². The molecule has 2 amide bonds. The third-order valence-electron chi connectivity index (χ3n) is 4.64. The molecule has 1 aliphatic rings. The molecule has 1 aliphatic heterocycles. The summed E-state index contributed by atoms with van der Waals surface area (Å²) in [6.45, 7) is 4.90. The third kappa shape index (κ3) is 3.15. The number of carbonyl (C=O) groups excluding carboxylic acids is 2. The zero-order valence-corrected chi connectivity index (χ0v) is 13.9. The number of aryl methyl sites for hydroxylation is 1. The fraction of sp³-hybridized carbons (Fsp3) is 0.316. The van der Waals surface area contributed by atoms with E-state index in [1.54, 1.807) is 17.3 Å². The quantitative estimate of drug-likeness (QED) is 0.941. The van der Waals surface area contributed by atoms with Crippen molar-refractivity contribution in [1.29, 1.82) is 0 Å². The smallest absolute Gasteiger partial charge is 0.255 e. The summed E-state index contributed by atoms with van der Waals surface area (Å²) in [5, 5.41) is 0. The predicted molar refractivity (Wildman–Crippen MR) is 92.2 cm³/mol. The highest BCUT2D eigenvalue weighted by Gasteiger charge is 2.36. The number of rotatable bonds is 3. The monoisotopic (exact) mass is 323 g/mol. The molecule has 1 fully saturated rings. The first-order chi connectivity index (χ1) is 11.5. The SMILES string of the molecule is Cc1ccc(-c2cncc(C(=O)N3C[C@@H](C)[C@H](C(N)=O)C3)c2)cc1. The number of aromatic nitrogens is 1. The van der Waals surface area contributed by atoms with Crippen LogP contribution in [0.5, 0.6) is 0 Å². The van der Waals surface area contributed by atoms with Gasteiger partial charge in [-0.1, -0.05) is 36.8 Å². The van der Waals surface area contributed by atoms with Crippen LogP contribution in [0.15, 0.2) is 42.7 Å². The van der Waals surface area contributed by atoms with Gasteiger partial charge in [-0.15, -0.1) is 0 Å². The molecule has 0 bridgehead atoms. The standard InChI is InChI=1S/C19H21N3O2/c1-12-3-5-14(6-4-12)15-7-16(9-21-8-15)19(24)22-10-13(2)17(11-22)18(20)23/h3-9,13,17H,10-11H2,1-2H3,(H2,20,23)/t13-,17-/m1/s1. The van der Waals surface area contributed by atoms with Crippen LogP contribution >= 0.6 is 0 Å². The molecule has 0 spiro atoms. The van der Waals surface area contributed by atoms with Crippen LogP contribution in [0.25, 0.3) is 11.1 Å². The van der Waals surface area contributed by atoms with Crippen LogP contribution < -0.4 is 5.73 Å². The number of carbonyl (C=O) groups is 2. The minimum Gasteiger partial charge on any atom is -0.369 e. The first kappa shape index (κ1) is 16.2. The van der Waals surface area contributed by atoms with Crippen molar-refractivity contribution in [2.45, 2.75) is 13.8 Å². The summed E-state index contributed by atoms with van der Waals surface area (Å²) in [6, 6.07) is 9.94. The highest BCUT2D eigenvalue weighted by molar-refractivity contribution is 5.95. The van der Waals surface area contributed by atoms with E-state index in [-0.39, 0.29) is 23.7 Å². The van der Waals surface area contributed by atoms with Crippen LogP contribution in [0, 0.1) is 18.8 Å². The van der Waals surface area contributed by atoms with Gasteiger partial charge in [0.25, 0.3) is 5.91 Å². The highest BCUT2D eigenvalue weighted by atomic mass is 16.2. The minimum absolute atomic E-state index is 0.0830. The van der Waals surface area contributed by atoms with Crippen molar-refractivity contribution >= 4 is 11.8 Å². The number of nitrogens with two attached hydrogens (primary N) is 1. The Labute approximate surface area is 141 Å². The van der Waals surface area contributed by atoms with Gasteiger partial charge in [0, 0.05) is 31.0 Å². The Morgan fingerprint density at radius 3 is 2.46 bits per heavy atom. The van der Waals surface area contributed by atoms with Crippen molar-refractivity contribution in [2.24, 2.45) is 17.6 Å². The van der Waals surface area contributed by atoms with E-state index in [4.69, 9.17) is 5.73 Å². The van der Waals surface area contributed by atoms with Gasteiger partial charge >= 0.3 is 0 Å². The Bertz CT molecular complexity index is 770. The second-order valence-electron chi connectivity index (χ2n) is 6.52. The average Bonchev–Trinajstić information content (AvgIpc) is 2.97. The summed E-state index contributed by atoms with van der Waals surface area (Å²) in [6.07, 6.45) is 3.32. The van der Waals surface area contributed by atoms with E-state index in [0.29, 0.717) is 18.7 Å². The number of pyridine rings is 1. The van der Waals surface area contributed by atoms with Crippen LogP contribution in [0.2, 0.25) is 0 Å². The molecule has 0 radical (unpaired) electrons. The van der Waals surface area contributed by atoms with Crippen molar-refractivity contribution < 1.29 is 9.59 Å². The summed E-state index contributed by atoms with van der Waals surface area (Å²) in [4.78, 5) is 30.1. The van der Waals surface area contributed by atoms with Gasteiger partial charge in [-0.3, -0.25) is 14.6 Å². The molecule has 2 N–H and O–H groups in total. The maximum atomic E-state index is 12.7. The minimum atomic E-state index is -0.343. The molecular weight excluding hydrogens is 302 g/mol. The molecule has 3 rings (SSSR count). The number of benzene rings is 1. The van der Waals surface area contributed by atoms with Crippen molar-refractivity contribution in [2.75, 3.05) is 13.1 Å². The molecule has 0 saturated carbocycles. The molecule has 24 heavy (non-hydrogen) atoms. The van der Waals surface area contributed by atoms with Crippen LogP contribution in [0.1, 0.15) is 22.8 Å². The van der Waals surface area contributed by atoms with Crippen molar-refractivity contribution in [3.63, 3.8) is 0 Å². The molecule has 1 aromatic carbocycles. The van der Waals surface area contributed by atoms with Gasteiger partial charge in [-0.2, -0.15) is 0 Å². The van der Waals surface area contributed by atoms with E-state index in [2.05, 4.69) is 4.98 Å². The van der Waals surface area contributed by atoms with E-state index in [0.717, 1.165) is 11.1 Å². The van der Waals surface area contributed by atoms with Gasteiger partial charge in [-0.25, -0.2) is 0 Å². The molecule has 5 heteroatoms. The van der Waals surface area contributed by atoms with Gasteiger partial charge in [0.1, 0.15) is 0 Å². The Hall–Kier alpha value is -2.69. The largest absolute Gasteiger partial charge is 0.369 e. The molecule has 2 heterocycles. The number of nitrogens with zero attached hydrogens (tertiary/aromatic N) is 2. The third-order valence-corrected chi connectivity index (χ3v) is 4.64. The first-order valence-electron chi connectivity index (χ1n) is 8.06. The first-order valence-corrected chi connectivity index (χ1v) is 8.06. The summed E-state index contributed by atoms with van der Waals surface area (Å²) in [5.74, 6) is -0.640. The Balaban J connectivity index is 1.83. The van der Waals surface area contributed by atoms with Gasteiger partial charge in [0.2, 0.25) is 5.91 Å². The highest BCUT2D eigenvalue weighted by Crippen LogP contribution is 2.25. The average molecular weight is 323 g/mol. The molecule has 2 atom stereocenters. The zero-order chi connectivity index (χ0) is 17.3. The van der Waals surface area contributed by atoms with E-state index in [1.165, 1.54) is 5.56 Å². The van der Waals surface area contributed by atoms with Crippen molar-refractivity contribution in [3.05, 3.63) is 53.9 Å². The molecule has 0 aliphatic carbocycles. The molecule has 1 aromatic heterocycles. The number of primary amides is 1. The topological polar surface area (TPSA) is 76.3 Å².